The number of carbonyl (C=O) groups is 3. The summed E-state index contributed by atoms with van der Waals surface area (Å²) < 4.78 is 11.3. The number of carboxylic acid groups (broad SMARTS) is 1. The summed E-state index contributed by atoms with van der Waals surface area (Å²) in [5, 5.41) is 13.3. The van der Waals surface area contributed by atoms with E-state index in [0.29, 0.717) is 63.2 Å². The Morgan fingerprint density at radius 1 is 1.02 bits per heavy atom. The van der Waals surface area contributed by atoms with E-state index in [4.69, 9.17) is 14.5 Å². The Morgan fingerprint density at radius 3 is 2.23 bits per heavy atom. The molecule has 13 heteroatoms. The third kappa shape index (κ3) is 8.07. The van der Waals surface area contributed by atoms with Crippen LogP contribution in [0.15, 0.2) is 30.5 Å². The van der Waals surface area contributed by atoms with Gasteiger partial charge in [-0.25, -0.2) is 19.4 Å². The van der Waals surface area contributed by atoms with Gasteiger partial charge in [0.05, 0.1) is 18.4 Å². The average molecular weight is 612 g/mol. The number of morpholine rings is 1. The molecule has 3 atom stereocenters. The van der Waals surface area contributed by atoms with Gasteiger partial charge in [-0.3, -0.25) is 4.90 Å². The van der Waals surface area contributed by atoms with Crippen LogP contribution in [0, 0.1) is 0 Å². The molecule has 3 heterocycles. The van der Waals surface area contributed by atoms with Crippen molar-refractivity contribution in [3.63, 3.8) is 0 Å². The lowest BCUT2D eigenvalue weighted by molar-refractivity contribution is -0.137. The van der Waals surface area contributed by atoms with Crippen molar-refractivity contribution in [1.29, 1.82) is 0 Å². The average Bonchev–Trinajstić information content (AvgIpc) is 3.54. The molecule has 1 aromatic heterocycles. The molecule has 0 radical (unpaired) electrons. The number of hydrogen-bond acceptors (Lipinski definition) is 9. The molecule has 0 saturated carbocycles. The topological polar surface area (TPSA) is 141 Å². The van der Waals surface area contributed by atoms with Gasteiger partial charge in [-0.1, -0.05) is 12.1 Å². The van der Waals surface area contributed by atoms with Crippen molar-refractivity contribution in [1.82, 2.24) is 19.8 Å². The minimum atomic E-state index is -1.08. The molecule has 4 rings (SSSR count). The van der Waals surface area contributed by atoms with E-state index >= 15 is 0 Å². The lowest BCUT2D eigenvalue weighted by Crippen LogP contribution is -2.53. The van der Waals surface area contributed by atoms with E-state index in [1.165, 1.54) is 0 Å². The van der Waals surface area contributed by atoms with E-state index < -0.39 is 12.0 Å². The number of amides is 3. The first-order chi connectivity index (χ1) is 21.1. The van der Waals surface area contributed by atoms with Crippen LogP contribution in [-0.2, 0) is 16.0 Å². The normalized spacial score (nSPS) is 18.9. The van der Waals surface area contributed by atoms with E-state index in [-0.39, 0.29) is 36.6 Å². The summed E-state index contributed by atoms with van der Waals surface area (Å²) in [5.41, 5.74) is 1.13. The fraction of sp³-hybridized carbons (Fsp3) is 0.581. The Labute approximate surface area is 259 Å². The number of likely N-dealkylation sites (tertiary alicyclic amines) is 1. The molecule has 2 aliphatic rings. The number of rotatable bonds is 11. The van der Waals surface area contributed by atoms with Gasteiger partial charge >= 0.3 is 18.1 Å². The number of urea groups is 1. The van der Waals surface area contributed by atoms with Gasteiger partial charge in [0, 0.05) is 52.2 Å². The van der Waals surface area contributed by atoms with Gasteiger partial charge < -0.3 is 34.6 Å². The number of benzene rings is 1. The van der Waals surface area contributed by atoms with Gasteiger partial charge in [-0.15, -0.1) is 0 Å². The van der Waals surface area contributed by atoms with Crippen LogP contribution in [0.1, 0.15) is 53.0 Å². The number of nitrogens with zero attached hydrogens (tertiary/aromatic N) is 6. The molecule has 13 nitrogen and oxygen atoms in total. The Hall–Kier alpha value is -4.13. The fourth-order valence-corrected chi connectivity index (χ4v) is 5.60. The lowest BCUT2D eigenvalue weighted by Gasteiger charge is -2.38. The van der Waals surface area contributed by atoms with E-state index in [1.807, 2.05) is 39.5 Å². The molecule has 2 aliphatic heterocycles. The predicted octanol–water partition coefficient (Wildman–Crippen LogP) is 4.08. The molecule has 2 N–H and O–H groups in total. The third-order valence-electron chi connectivity index (χ3n) is 7.87. The van der Waals surface area contributed by atoms with Gasteiger partial charge in [-0.2, -0.15) is 4.98 Å². The van der Waals surface area contributed by atoms with Crippen molar-refractivity contribution in [3.05, 3.63) is 36.0 Å². The summed E-state index contributed by atoms with van der Waals surface area (Å²) in [6.07, 6.45) is 3.06. The quantitative estimate of drug-likeness (QED) is 0.382. The largest absolute Gasteiger partial charge is 0.480 e. The molecule has 1 aromatic carbocycles. The van der Waals surface area contributed by atoms with Crippen LogP contribution in [0.5, 0.6) is 5.75 Å². The number of carbonyl (C=O) groups excluding carboxylic acids is 2. The molecule has 0 aliphatic carbocycles. The van der Waals surface area contributed by atoms with Gasteiger partial charge in [0.15, 0.2) is 5.82 Å². The molecule has 0 spiro atoms. The van der Waals surface area contributed by atoms with Crippen molar-refractivity contribution >= 4 is 35.5 Å². The summed E-state index contributed by atoms with van der Waals surface area (Å²) >= 11 is 0. The zero-order chi connectivity index (χ0) is 31.8. The molecule has 44 heavy (non-hydrogen) atoms. The summed E-state index contributed by atoms with van der Waals surface area (Å²) in [5.74, 6) is 0.0201. The Kier molecular flexibility index (Phi) is 11.2. The molecular weight excluding hydrogens is 566 g/mol. The molecular formula is C31H45N7O6. The molecule has 2 unspecified atom stereocenters. The minimum Gasteiger partial charge on any atom is -0.480 e. The highest BCUT2D eigenvalue weighted by Gasteiger charge is 2.32. The van der Waals surface area contributed by atoms with E-state index in [9.17, 15) is 19.5 Å². The second-order valence-corrected chi connectivity index (χ2v) is 11.2. The molecule has 2 fully saturated rings. The first kappa shape index (κ1) is 32.8. The number of aliphatic carboxylic acids is 1. The monoisotopic (exact) mass is 611 g/mol. The van der Waals surface area contributed by atoms with Crippen LogP contribution in [-0.4, -0.2) is 107 Å². The summed E-state index contributed by atoms with van der Waals surface area (Å²) in [7, 11) is 0. The maximum absolute atomic E-state index is 13.8. The first-order valence-corrected chi connectivity index (χ1v) is 15.5. The van der Waals surface area contributed by atoms with Crippen LogP contribution in [0.25, 0.3) is 0 Å². The molecule has 2 saturated heterocycles. The standard InChI is InChI=1S/C31H45N7O6/c1-6-35(7-2)29-32-18-26(38(8-3)30(41)37-19-21(4)43-22(5)20-37)27(34-29)33-25(28(39)40)17-23-11-13-24(14-12-23)44-31(42)36-15-9-10-16-36/h11-14,18,21-22,25H,6-10,15-17,19-20H2,1-5H3,(H,39,40)(H,32,33,34)/t21?,22?,25-/m0/s1. The highest BCUT2D eigenvalue weighted by atomic mass is 16.6. The Bertz CT molecular complexity index is 1270. The summed E-state index contributed by atoms with van der Waals surface area (Å²) in [4.78, 5) is 54.8. The smallest absolute Gasteiger partial charge is 0.415 e. The highest BCUT2D eigenvalue weighted by Crippen LogP contribution is 2.29. The first-order valence-electron chi connectivity index (χ1n) is 15.5. The van der Waals surface area contributed by atoms with Crippen molar-refractivity contribution in [3.8, 4) is 5.75 Å². The van der Waals surface area contributed by atoms with Crippen LogP contribution in [0.2, 0.25) is 0 Å². The number of ether oxygens (including phenoxy) is 2. The van der Waals surface area contributed by atoms with Crippen molar-refractivity contribution < 1.29 is 29.0 Å². The Balaban J connectivity index is 1.57. The Morgan fingerprint density at radius 2 is 1.66 bits per heavy atom. The zero-order valence-electron chi connectivity index (χ0n) is 26.4. The van der Waals surface area contributed by atoms with Crippen LogP contribution in [0.3, 0.4) is 0 Å². The SMILES string of the molecule is CCN(CC)c1ncc(N(CC)C(=O)N2CC(C)OC(C)C2)c(N[C@@H](Cc2ccc(OC(=O)N3CCCC3)cc2)C(=O)O)n1. The third-order valence-corrected chi connectivity index (χ3v) is 7.87. The van der Waals surface area contributed by atoms with E-state index in [2.05, 4.69) is 10.3 Å². The number of anilines is 3. The minimum absolute atomic E-state index is 0.105. The summed E-state index contributed by atoms with van der Waals surface area (Å²) in [6, 6.07) is 5.53. The van der Waals surface area contributed by atoms with Crippen molar-refractivity contribution in [2.24, 2.45) is 0 Å². The molecule has 240 valence electrons. The van der Waals surface area contributed by atoms with Gasteiger partial charge in [0.1, 0.15) is 17.5 Å². The second kappa shape index (κ2) is 15.0. The van der Waals surface area contributed by atoms with E-state index in [1.54, 1.807) is 45.2 Å². The highest BCUT2D eigenvalue weighted by molar-refractivity contribution is 5.95. The van der Waals surface area contributed by atoms with E-state index in [0.717, 1.165) is 18.4 Å². The second-order valence-electron chi connectivity index (χ2n) is 11.2. The van der Waals surface area contributed by atoms with Crippen LogP contribution >= 0.6 is 0 Å². The van der Waals surface area contributed by atoms with Crippen molar-refractivity contribution in [2.45, 2.75) is 72.1 Å². The maximum Gasteiger partial charge on any atom is 0.415 e. The van der Waals surface area contributed by atoms with Gasteiger partial charge in [0.25, 0.3) is 0 Å². The zero-order valence-corrected chi connectivity index (χ0v) is 26.4. The summed E-state index contributed by atoms with van der Waals surface area (Å²) in [6.45, 7) is 13.6. The van der Waals surface area contributed by atoms with Gasteiger partial charge in [0.2, 0.25) is 5.95 Å². The van der Waals surface area contributed by atoms with Crippen LogP contribution < -0.4 is 19.9 Å². The fourth-order valence-electron chi connectivity index (χ4n) is 5.60. The predicted molar refractivity (Wildman–Crippen MR) is 168 cm³/mol. The maximum atomic E-state index is 13.8. The molecule has 3 amide bonds. The lowest BCUT2D eigenvalue weighted by atomic mass is 10.1. The number of carboxylic acids is 1. The molecule has 2 aromatic rings. The number of hydrogen-bond donors (Lipinski definition) is 2. The van der Waals surface area contributed by atoms with Crippen molar-refractivity contribution in [2.75, 3.05) is 60.9 Å². The number of nitrogens with one attached hydrogen (secondary N) is 1. The molecule has 0 bridgehead atoms. The van der Waals surface area contributed by atoms with Crippen LogP contribution in [0.4, 0.5) is 27.0 Å². The number of aromatic nitrogens is 2. The van der Waals surface area contributed by atoms with Gasteiger partial charge in [-0.05, 0) is 65.2 Å².